The Morgan fingerprint density at radius 1 is 0.745 bits per heavy atom. The molecule has 3 aliphatic rings. The summed E-state index contributed by atoms with van der Waals surface area (Å²) in [4.78, 5) is 106. The first kappa shape index (κ1) is 39.3. The van der Waals surface area contributed by atoms with Gasteiger partial charge in [0.2, 0.25) is 0 Å². The molecule has 2 aromatic heterocycles. The second kappa shape index (κ2) is 16.1. The van der Waals surface area contributed by atoms with Crippen LogP contribution in [0.1, 0.15) is 106 Å². The van der Waals surface area contributed by atoms with Crippen molar-refractivity contribution in [2.75, 3.05) is 38.1 Å². The summed E-state index contributed by atoms with van der Waals surface area (Å²) in [6, 6.07) is 2.17. The highest BCUT2D eigenvalue weighted by molar-refractivity contribution is 7.17. The number of rotatable bonds is 11. The lowest BCUT2D eigenvalue weighted by atomic mass is 9.88. The molecule has 3 atom stereocenters. The molecule has 1 aromatic carbocycles. The van der Waals surface area contributed by atoms with E-state index in [2.05, 4.69) is 24.5 Å². The fourth-order valence-electron chi connectivity index (χ4n) is 6.95. The number of fused-ring (bicyclic) bond motifs is 3. The van der Waals surface area contributed by atoms with Gasteiger partial charge in [-0.05, 0) is 86.6 Å². The van der Waals surface area contributed by atoms with E-state index in [9.17, 15) is 38.4 Å². The molecule has 0 fully saturated rings. The van der Waals surface area contributed by atoms with E-state index in [0.29, 0.717) is 45.1 Å². The van der Waals surface area contributed by atoms with Gasteiger partial charge in [0, 0.05) is 9.75 Å². The minimum atomic E-state index is -1.44. The molecule has 0 radical (unpaired) electrons. The van der Waals surface area contributed by atoms with E-state index in [-0.39, 0.29) is 22.3 Å². The molecule has 4 amide bonds. The maximum atomic E-state index is 13.4. The predicted octanol–water partition coefficient (Wildman–Crippen LogP) is 4.59. The summed E-state index contributed by atoms with van der Waals surface area (Å²) in [6.45, 7) is 4.01. The van der Waals surface area contributed by atoms with Gasteiger partial charge in [0.15, 0.2) is 13.2 Å². The largest absolute Gasteiger partial charge is 0.465 e. The fourth-order valence-corrected chi connectivity index (χ4v) is 9.78. The first-order valence-corrected chi connectivity index (χ1v) is 19.3. The van der Waals surface area contributed by atoms with E-state index in [1.165, 1.54) is 55.9 Å². The third-order valence-electron chi connectivity index (χ3n) is 9.87. The molecular weight excluding hydrogens is 755 g/mol. The maximum absolute atomic E-state index is 13.4. The number of hydrogen-bond donors (Lipinski definition) is 2. The van der Waals surface area contributed by atoms with Crippen molar-refractivity contribution >= 4 is 80.2 Å². The Hall–Kier alpha value is -5.42. The Labute approximate surface area is 323 Å². The summed E-state index contributed by atoms with van der Waals surface area (Å²) in [6.07, 6.45) is 4.64. The van der Waals surface area contributed by atoms with Gasteiger partial charge in [-0.25, -0.2) is 19.2 Å². The van der Waals surface area contributed by atoms with Crippen LogP contribution in [0.25, 0.3) is 0 Å². The van der Waals surface area contributed by atoms with Crippen molar-refractivity contribution in [1.29, 1.82) is 0 Å². The summed E-state index contributed by atoms with van der Waals surface area (Å²) in [5, 5.41) is 5.88. The molecule has 3 aromatic rings. The van der Waals surface area contributed by atoms with Crippen molar-refractivity contribution in [2.24, 2.45) is 11.8 Å². The summed E-state index contributed by atoms with van der Waals surface area (Å²) in [5.74, 6) is -5.44. The van der Waals surface area contributed by atoms with Crippen LogP contribution in [0.15, 0.2) is 18.2 Å². The van der Waals surface area contributed by atoms with Crippen LogP contribution in [0.2, 0.25) is 0 Å². The molecule has 2 N–H and O–H groups in total. The van der Waals surface area contributed by atoms with Crippen molar-refractivity contribution < 1.29 is 57.3 Å². The number of carbonyl (C=O) groups is 8. The Morgan fingerprint density at radius 3 is 1.75 bits per heavy atom. The monoisotopic (exact) mass is 793 g/mol. The summed E-state index contributed by atoms with van der Waals surface area (Å²) in [7, 11) is 2.51. The molecule has 17 heteroatoms. The van der Waals surface area contributed by atoms with Crippen molar-refractivity contribution in [1.82, 2.24) is 4.90 Å². The standard InChI is InChI=1S/C38H39N3O12S2/c1-17-6-9-22-25(12-17)54-31(29(22)37(48)50-4)39-27(42)15-52-35(46)19(3)41-33(44)21-11-8-20(14-24(21)34(41)45)36(47)53-16-28(43)40-32-30(38(49)51-5)23-10-7-18(2)13-26(23)55-32/h8,11,14,17-19H,6-7,9-10,12-13,15-16H2,1-5H3,(H,39,42)(H,40,43)/t17-,18+,19-/m0/s1. The molecule has 2 aliphatic carbocycles. The molecule has 290 valence electrons. The molecule has 0 saturated heterocycles. The zero-order chi connectivity index (χ0) is 39.7. The smallest absolute Gasteiger partial charge is 0.341 e. The summed E-state index contributed by atoms with van der Waals surface area (Å²) >= 11 is 2.55. The molecule has 15 nitrogen and oxygen atoms in total. The number of nitrogens with zero attached hydrogens (tertiary/aromatic N) is 1. The molecule has 0 saturated carbocycles. The van der Waals surface area contributed by atoms with E-state index in [1.54, 1.807) is 0 Å². The van der Waals surface area contributed by atoms with Gasteiger partial charge in [0.1, 0.15) is 16.0 Å². The van der Waals surface area contributed by atoms with Gasteiger partial charge >= 0.3 is 23.9 Å². The number of ether oxygens (including phenoxy) is 4. The van der Waals surface area contributed by atoms with Crippen LogP contribution in [-0.4, -0.2) is 85.9 Å². The van der Waals surface area contributed by atoms with Crippen LogP contribution in [0, 0.1) is 11.8 Å². The average molecular weight is 794 g/mol. The number of hydrogen-bond acceptors (Lipinski definition) is 14. The van der Waals surface area contributed by atoms with Crippen molar-refractivity contribution in [3.05, 3.63) is 66.9 Å². The third kappa shape index (κ3) is 7.89. The molecule has 6 rings (SSSR count). The predicted molar refractivity (Wildman–Crippen MR) is 199 cm³/mol. The van der Waals surface area contributed by atoms with E-state index in [4.69, 9.17) is 18.9 Å². The number of amides is 4. The van der Waals surface area contributed by atoms with Gasteiger partial charge in [0.05, 0.1) is 42.0 Å². The van der Waals surface area contributed by atoms with Crippen LogP contribution >= 0.6 is 22.7 Å². The molecule has 3 heterocycles. The number of imide groups is 1. The Kier molecular flexibility index (Phi) is 11.5. The number of methoxy groups -OCH3 is 2. The summed E-state index contributed by atoms with van der Waals surface area (Å²) < 4.78 is 20.2. The SMILES string of the molecule is COC(=O)c1c(NC(=O)COC(=O)c2ccc3c(c2)C(=O)N([C@@H](C)C(=O)OCC(=O)Nc2sc4c(c2C(=O)OC)CC[C@H](C)C4)C3=O)sc2c1CC[C@@H](C)C2. The lowest BCUT2D eigenvalue weighted by Crippen LogP contribution is -2.44. The number of anilines is 2. The zero-order valence-electron chi connectivity index (χ0n) is 30.8. The minimum Gasteiger partial charge on any atom is -0.465 e. The van der Waals surface area contributed by atoms with Crippen LogP contribution < -0.4 is 10.6 Å². The fraction of sp³-hybridized carbons (Fsp3) is 0.421. The highest BCUT2D eigenvalue weighted by Gasteiger charge is 2.42. The van der Waals surface area contributed by atoms with Gasteiger partial charge in [0.25, 0.3) is 23.6 Å². The van der Waals surface area contributed by atoms with Gasteiger partial charge < -0.3 is 29.6 Å². The molecular formula is C38H39N3O12S2. The first-order valence-electron chi connectivity index (χ1n) is 17.6. The molecule has 0 spiro atoms. The third-order valence-corrected chi connectivity index (χ3v) is 12.2. The number of carbonyl (C=O) groups excluding carboxylic acids is 8. The minimum absolute atomic E-state index is 0.0747. The number of nitrogens with one attached hydrogen (secondary N) is 2. The highest BCUT2D eigenvalue weighted by Crippen LogP contribution is 2.41. The van der Waals surface area contributed by atoms with Crippen LogP contribution in [0.4, 0.5) is 10.0 Å². The van der Waals surface area contributed by atoms with Crippen LogP contribution in [-0.2, 0) is 59.0 Å². The zero-order valence-corrected chi connectivity index (χ0v) is 32.4. The van der Waals surface area contributed by atoms with E-state index < -0.39 is 66.8 Å². The van der Waals surface area contributed by atoms with E-state index in [1.807, 2.05) is 0 Å². The lowest BCUT2D eigenvalue weighted by molar-refractivity contribution is -0.150. The van der Waals surface area contributed by atoms with Gasteiger partial charge in [-0.15, -0.1) is 22.7 Å². The van der Waals surface area contributed by atoms with Crippen molar-refractivity contribution in [2.45, 2.75) is 65.3 Å². The second-order valence-electron chi connectivity index (χ2n) is 13.8. The van der Waals surface area contributed by atoms with Gasteiger partial charge in [-0.3, -0.25) is 24.1 Å². The normalized spacial score (nSPS) is 17.7. The van der Waals surface area contributed by atoms with Crippen LogP contribution in [0.5, 0.6) is 0 Å². The quantitative estimate of drug-likeness (QED) is 0.156. The highest BCUT2D eigenvalue weighted by atomic mass is 32.1. The Morgan fingerprint density at radius 2 is 1.24 bits per heavy atom. The molecule has 55 heavy (non-hydrogen) atoms. The lowest BCUT2D eigenvalue weighted by Gasteiger charge is -2.20. The molecule has 0 unspecified atom stereocenters. The average Bonchev–Trinajstić information content (AvgIpc) is 3.78. The topological polar surface area (TPSA) is 201 Å². The first-order chi connectivity index (χ1) is 26.2. The Bertz CT molecular complexity index is 2140. The van der Waals surface area contributed by atoms with Crippen molar-refractivity contribution in [3.63, 3.8) is 0 Å². The number of thiophene rings is 2. The van der Waals surface area contributed by atoms with E-state index >= 15 is 0 Å². The molecule has 1 aliphatic heterocycles. The van der Waals surface area contributed by atoms with Crippen LogP contribution in [0.3, 0.4) is 0 Å². The van der Waals surface area contributed by atoms with E-state index in [0.717, 1.165) is 52.6 Å². The van der Waals surface area contributed by atoms with Gasteiger partial charge in [-0.2, -0.15) is 0 Å². The second-order valence-corrected chi connectivity index (χ2v) is 16.0. The van der Waals surface area contributed by atoms with Crippen molar-refractivity contribution in [3.8, 4) is 0 Å². The maximum Gasteiger partial charge on any atom is 0.341 e. The van der Waals surface area contributed by atoms with Gasteiger partial charge in [-0.1, -0.05) is 13.8 Å². The summed E-state index contributed by atoms with van der Waals surface area (Å²) in [5.41, 5.74) is 1.87. The molecule has 0 bridgehead atoms. The number of benzene rings is 1. The Balaban J connectivity index is 1.05. The number of esters is 4.